The Morgan fingerprint density at radius 2 is 1.84 bits per heavy atom. The molecular formula is C23H23Cl2N3O3. The van der Waals surface area contributed by atoms with Crippen molar-refractivity contribution >= 4 is 29.1 Å². The number of benzene rings is 2. The minimum absolute atomic E-state index is 0.136. The molecule has 1 amide bonds. The maximum absolute atomic E-state index is 13.1. The fraction of sp³-hybridized carbons (Fsp3) is 0.304. The van der Waals surface area contributed by atoms with Crippen LogP contribution in [0.3, 0.4) is 0 Å². The second-order valence-corrected chi connectivity index (χ2v) is 8.62. The first-order valence-corrected chi connectivity index (χ1v) is 10.9. The molecule has 1 aromatic heterocycles. The average molecular weight is 460 g/mol. The summed E-state index contributed by atoms with van der Waals surface area (Å²) in [5.74, 6) is 0.281. The third-order valence-corrected chi connectivity index (χ3v) is 6.20. The lowest BCUT2D eigenvalue weighted by atomic mass is 9.92. The van der Waals surface area contributed by atoms with E-state index in [0.29, 0.717) is 33.5 Å². The van der Waals surface area contributed by atoms with Gasteiger partial charge in [0.15, 0.2) is 0 Å². The number of carbonyl (C=O) groups is 1. The first-order chi connectivity index (χ1) is 14.8. The van der Waals surface area contributed by atoms with E-state index in [9.17, 15) is 15.0 Å². The highest BCUT2D eigenvalue weighted by Gasteiger charge is 2.28. The predicted molar refractivity (Wildman–Crippen MR) is 121 cm³/mol. The lowest BCUT2D eigenvalue weighted by molar-refractivity contribution is 0.0713. The van der Waals surface area contributed by atoms with Crippen LogP contribution in [0.1, 0.15) is 41.9 Å². The van der Waals surface area contributed by atoms with Crippen LogP contribution in [0.25, 0.3) is 17.1 Å². The van der Waals surface area contributed by atoms with Gasteiger partial charge in [-0.05, 0) is 62.2 Å². The number of phenols is 1. The van der Waals surface area contributed by atoms with Crippen molar-refractivity contribution in [2.24, 2.45) is 0 Å². The number of aliphatic hydroxyl groups excluding tert-OH is 1. The van der Waals surface area contributed by atoms with Gasteiger partial charge in [-0.3, -0.25) is 9.36 Å². The van der Waals surface area contributed by atoms with Gasteiger partial charge >= 0.3 is 0 Å². The predicted octanol–water partition coefficient (Wildman–Crippen LogP) is 4.89. The number of carbonyl (C=O) groups excluding carboxylic acids is 1. The molecule has 0 radical (unpaired) electrons. The number of phenolic OH excluding ortho intramolecular Hbond substituents is 1. The molecule has 1 heterocycles. The Bertz CT molecular complexity index is 1110. The van der Waals surface area contributed by atoms with E-state index < -0.39 is 6.10 Å². The molecule has 3 aromatic rings. The van der Waals surface area contributed by atoms with Gasteiger partial charge < -0.3 is 15.5 Å². The monoisotopic (exact) mass is 459 g/mol. The highest BCUT2D eigenvalue weighted by molar-refractivity contribution is 6.36. The van der Waals surface area contributed by atoms with E-state index in [4.69, 9.17) is 23.2 Å². The topological polar surface area (TPSA) is 87.4 Å². The van der Waals surface area contributed by atoms with Gasteiger partial charge in [-0.2, -0.15) is 0 Å². The van der Waals surface area contributed by atoms with Gasteiger partial charge in [0.2, 0.25) is 0 Å². The zero-order valence-electron chi connectivity index (χ0n) is 17.0. The van der Waals surface area contributed by atoms with Crippen LogP contribution in [0.5, 0.6) is 5.75 Å². The molecule has 6 nitrogen and oxygen atoms in total. The summed E-state index contributed by atoms with van der Waals surface area (Å²) < 4.78 is 1.82. The second-order valence-electron chi connectivity index (χ2n) is 7.78. The minimum Gasteiger partial charge on any atom is -0.508 e. The Hall–Kier alpha value is -2.54. The summed E-state index contributed by atoms with van der Waals surface area (Å²) in [4.78, 5) is 17.7. The number of hydrogen-bond donors (Lipinski definition) is 3. The molecule has 0 bridgehead atoms. The van der Waals surface area contributed by atoms with E-state index in [1.54, 1.807) is 49.4 Å². The Morgan fingerprint density at radius 3 is 2.52 bits per heavy atom. The summed E-state index contributed by atoms with van der Waals surface area (Å²) in [6, 6.07) is 11.4. The molecule has 2 aromatic carbocycles. The fourth-order valence-corrected chi connectivity index (χ4v) is 4.50. The molecule has 2 atom stereocenters. The number of amides is 1. The van der Waals surface area contributed by atoms with Crippen LogP contribution in [0, 0.1) is 6.92 Å². The molecule has 1 fully saturated rings. The smallest absolute Gasteiger partial charge is 0.272 e. The van der Waals surface area contributed by atoms with Crippen molar-refractivity contribution < 1.29 is 15.0 Å². The highest BCUT2D eigenvalue weighted by atomic mass is 35.5. The van der Waals surface area contributed by atoms with Crippen LogP contribution in [0.4, 0.5) is 0 Å². The van der Waals surface area contributed by atoms with E-state index in [1.807, 2.05) is 4.57 Å². The van der Waals surface area contributed by atoms with Crippen molar-refractivity contribution in [2.45, 2.75) is 44.8 Å². The molecule has 8 heteroatoms. The van der Waals surface area contributed by atoms with Crippen molar-refractivity contribution in [1.82, 2.24) is 14.9 Å². The lowest BCUT2D eigenvalue weighted by Gasteiger charge is -2.28. The van der Waals surface area contributed by atoms with Crippen molar-refractivity contribution in [1.29, 1.82) is 0 Å². The maximum Gasteiger partial charge on any atom is 0.272 e. The van der Waals surface area contributed by atoms with E-state index >= 15 is 0 Å². The van der Waals surface area contributed by atoms with E-state index in [-0.39, 0.29) is 23.4 Å². The Balaban J connectivity index is 1.80. The van der Waals surface area contributed by atoms with E-state index in [2.05, 4.69) is 10.3 Å². The lowest BCUT2D eigenvalue weighted by Crippen LogP contribution is -2.45. The van der Waals surface area contributed by atoms with Gasteiger partial charge in [0.05, 0.1) is 22.9 Å². The molecule has 31 heavy (non-hydrogen) atoms. The van der Waals surface area contributed by atoms with Crippen LogP contribution in [-0.4, -0.2) is 37.8 Å². The quantitative estimate of drug-likeness (QED) is 0.517. The maximum atomic E-state index is 13.1. The van der Waals surface area contributed by atoms with Crippen LogP contribution < -0.4 is 5.32 Å². The van der Waals surface area contributed by atoms with Gasteiger partial charge in [-0.25, -0.2) is 4.98 Å². The molecule has 0 aliphatic heterocycles. The van der Waals surface area contributed by atoms with Crippen molar-refractivity contribution in [2.75, 3.05) is 0 Å². The fourth-order valence-electron chi connectivity index (χ4n) is 4.00. The summed E-state index contributed by atoms with van der Waals surface area (Å²) in [5, 5.41) is 23.8. The van der Waals surface area contributed by atoms with Crippen molar-refractivity contribution in [3.05, 3.63) is 63.9 Å². The number of halogens is 2. The number of imidazole rings is 1. The summed E-state index contributed by atoms with van der Waals surface area (Å²) in [7, 11) is 0. The number of nitrogens with one attached hydrogen (secondary N) is 1. The molecule has 0 unspecified atom stereocenters. The summed E-state index contributed by atoms with van der Waals surface area (Å²) in [6.45, 7) is 1.80. The molecule has 0 saturated heterocycles. The summed E-state index contributed by atoms with van der Waals surface area (Å²) in [5.41, 5.74) is 2.22. The Morgan fingerprint density at radius 1 is 1.13 bits per heavy atom. The van der Waals surface area contributed by atoms with Crippen LogP contribution in [-0.2, 0) is 0 Å². The van der Waals surface area contributed by atoms with Crippen molar-refractivity contribution in [3.63, 3.8) is 0 Å². The number of rotatable bonds is 4. The van der Waals surface area contributed by atoms with E-state index in [0.717, 1.165) is 24.9 Å². The first kappa shape index (κ1) is 21.7. The zero-order chi connectivity index (χ0) is 22.1. The average Bonchev–Trinajstić information content (AvgIpc) is 3.07. The van der Waals surface area contributed by atoms with Crippen LogP contribution in [0.2, 0.25) is 10.0 Å². The molecule has 162 valence electrons. The van der Waals surface area contributed by atoms with Crippen molar-refractivity contribution in [3.8, 4) is 22.8 Å². The van der Waals surface area contributed by atoms with Gasteiger partial charge in [0, 0.05) is 16.3 Å². The standard InChI is InChI=1S/C23H23Cl2N3O3/c1-13-21(23(31)26-19-4-2-3-5-20(19)30)27-22(17-11-6-14(24)12-18(17)25)28(13)15-7-9-16(29)10-8-15/h6-12,19-20,29-30H,2-5H2,1H3,(H,26,31)/t19-,20+/m1/s1. The Kier molecular flexibility index (Phi) is 6.23. The zero-order valence-corrected chi connectivity index (χ0v) is 18.5. The molecule has 1 saturated carbocycles. The largest absolute Gasteiger partial charge is 0.508 e. The van der Waals surface area contributed by atoms with Crippen LogP contribution in [0.15, 0.2) is 42.5 Å². The summed E-state index contributed by atoms with van der Waals surface area (Å²) >= 11 is 12.5. The molecule has 0 spiro atoms. The number of hydrogen-bond acceptors (Lipinski definition) is 4. The molecule has 3 N–H and O–H groups in total. The van der Waals surface area contributed by atoms with Gasteiger partial charge in [0.25, 0.3) is 5.91 Å². The molecular weight excluding hydrogens is 437 g/mol. The van der Waals surface area contributed by atoms with Gasteiger partial charge in [-0.1, -0.05) is 36.0 Å². The summed E-state index contributed by atoms with van der Waals surface area (Å²) in [6.07, 6.45) is 2.79. The van der Waals surface area contributed by atoms with Gasteiger partial charge in [-0.15, -0.1) is 0 Å². The first-order valence-electron chi connectivity index (χ1n) is 10.2. The number of aliphatic hydroxyl groups is 1. The third-order valence-electron chi connectivity index (χ3n) is 5.65. The molecule has 1 aliphatic carbocycles. The van der Waals surface area contributed by atoms with E-state index in [1.165, 1.54) is 0 Å². The number of aromatic hydroxyl groups is 1. The Labute approximate surface area is 190 Å². The highest BCUT2D eigenvalue weighted by Crippen LogP contribution is 2.33. The second kappa shape index (κ2) is 8.91. The normalized spacial score (nSPS) is 18.7. The number of nitrogens with zero attached hydrogens (tertiary/aromatic N) is 2. The molecule has 1 aliphatic rings. The minimum atomic E-state index is -0.553. The number of aromatic nitrogens is 2. The molecule has 4 rings (SSSR count). The van der Waals surface area contributed by atoms with Gasteiger partial charge in [0.1, 0.15) is 17.3 Å². The third kappa shape index (κ3) is 4.42. The van der Waals surface area contributed by atoms with Crippen LogP contribution >= 0.6 is 23.2 Å². The SMILES string of the molecule is Cc1c(C(=O)N[C@@H]2CCCC[C@@H]2O)nc(-c2ccc(Cl)cc2Cl)n1-c1ccc(O)cc1.